The van der Waals surface area contributed by atoms with Gasteiger partial charge in [0.25, 0.3) is 5.91 Å². The zero-order valence-electron chi connectivity index (χ0n) is 12.9. The topological polar surface area (TPSA) is 90.5 Å². The number of carbonyl (C=O) groups is 2. The number of urea groups is 1. The van der Waals surface area contributed by atoms with Crippen LogP contribution in [0.1, 0.15) is 31.4 Å². The Kier molecular flexibility index (Phi) is 6.17. The van der Waals surface area contributed by atoms with Crippen LogP contribution >= 0.6 is 0 Å². The number of hydroxylamine groups is 1. The molecule has 0 aliphatic heterocycles. The molecule has 0 fully saturated rings. The van der Waals surface area contributed by atoms with Crippen molar-refractivity contribution in [2.45, 2.75) is 40.2 Å². The fourth-order valence-corrected chi connectivity index (χ4v) is 2.05. The molecule has 21 heavy (non-hydrogen) atoms. The second kappa shape index (κ2) is 7.64. The third-order valence-electron chi connectivity index (χ3n) is 3.07. The van der Waals surface area contributed by atoms with Gasteiger partial charge in [0.15, 0.2) is 0 Å². The van der Waals surface area contributed by atoms with Crippen molar-refractivity contribution in [2.24, 2.45) is 5.92 Å². The molecular formula is C15H23N3O3. The summed E-state index contributed by atoms with van der Waals surface area (Å²) in [5, 5.41) is 14.0. The summed E-state index contributed by atoms with van der Waals surface area (Å²) in [6, 6.07) is 4.42. The molecule has 1 atom stereocenters. The average molecular weight is 293 g/mol. The van der Waals surface area contributed by atoms with E-state index in [0.29, 0.717) is 12.1 Å². The van der Waals surface area contributed by atoms with E-state index in [9.17, 15) is 9.59 Å². The Morgan fingerprint density at radius 2 is 1.90 bits per heavy atom. The van der Waals surface area contributed by atoms with E-state index in [1.807, 2.05) is 45.9 Å². The SMILES string of the molecule is Cc1ccc(NC(=O)N[C@@H](CC(C)C)C(=O)NO)c(C)c1. The van der Waals surface area contributed by atoms with Crippen molar-refractivity contribution in [2.75, 3.05) is 5.32 Å². The number of nitrogens with one attached hydrogen (secondary N) is 3. The number of hydrogen-bond donors (Lipinski definition) is 4. The quantitative estimate of drug-likeness (QED) is 0.496. The van der Waals surface area contributed by atoms with Crippen molar-refractivity contribution < 1.29 is 14.8 Å². The molecule has 0 spiro atoms. The van der Waals surface area contributed by atoms with Crippen LogP contribution in [0.4, 0.5) is 10.5 Å². The largest absolute Gasteiger partial charge is 0.326 e. The average Bonchev–Trinajstić information content (AvgIpc) is 2.39. The predicted molar refractivity (Wildman–Crippen MR) is 81.2 cm³/mol. The maximum atomic E-state index is 12.0. The molecule has 0 aromatic heterocycles. The van der Waals surface area contributed by atoms with Gasteiger partial charge in [-0.25, -0.2) is 10.3 Å². The minimum Gasteiger partial charge on any atom is -0.326 e. The maximum Gasteiger partial charge on any atom is 0.319 e. The van der Waals surface area contributed by atoms with Crippen LogP contribution in [0.5, 0.6) is 0 Å². The molecule has 0 saturated heterocycles. The van der Waals surface area contributed by atoms with E-state index in [1.54, 1.807) is 5.48 Å². The molecule has 0 unspecified atom stereocenters. The van der Waals surface area contributed by atoms with Crippen molar-refractivity contribution in [3.05, 3.63) is 29.3 Å². The summed E-state index contributed by atoms with van der Waals surface area (Å²) in [6.45, 7) is 7.73. The molecule has 0 radical (unpaired) electrons. The molecule has 1 rings (SSSR count). The number of anilines is 1. The van der Waals surface area contributed by atoms with E-state index in [0.717, 1.165) is 11.1 Å². The fourth-order valence-electron chi connectivity index (χ4n) is 2.05. The van der Waals surface area contributed by atoms with Gasteiger partial charge in [-0.1, -0.05) is 31.5 Å². The third-order valence-corrected chi connectivity index (χ3v) is 3.07. The van der Waals surface area contributed by atoms with Gasteiger partial charge in [0, 0.05) is 5.69 Å². The molecule has 0 aliphatic rings. The van der Waals surface area contributed by atoms with Gasteiger partial charge in [-0.2, -0.15) is 0 Å². The summed E-state index contributed by atoms with van der Waals surface area (Å²) >= 11 is 0. The van der Waals surface area contributed by atoms with E-state index in [4.69, 9.17) is 5.21 Å². The number of amides is 3. The highest BCUT2D eigenvalue weighted by molar-refractivity contribution is 5.94. The van der Waals surface area contributed by atoms with E-state index in [1.165, 1.54) is 0 Å². The lowest BCUT2D eigenvalue weighted by atomic mass is 10.0. The standard InChI is InChI=1S/C15H23N3O3/c1-9(2)7-13(14(19)18-21)17-15(20)16-12-6-5-10(3)8-11(12)4/h5-6,8-9,13,21H,7H2,1-4H3,(H,18,19)(H2,16,17,20)/t13-/m0/s1. The molecule has 1 aromatic carbocycles. The lowest BCUT2D eigenvalue weighted by molar-refractivity contribution is -0.131. The Bertz CT molecular complexity index is 515. The predicted octanol–water partition coefficient (Wildman–Crippen LogP) is 2.35. The molecule has 6 heteroatoms. The van der Waals surface area contributed by atoms with Crippen LogP contribution in [-0.2, 0) is 4.79 Å². The normalized spacial score (nSPS) is 11.9. The third kappa shape index (κ3) is 5.43. The van der Waals surface area contributed by atoms with Crippen molar-refractivity contribution in [1.29, 1.82) is 0 Å². The first-order valence-corrected chi connectivity index (χ1v) is 6.92. The van der Waals surface area contributed by atoms with E-state index in [-0.39, 0.29) is 5.92 Å². The van der Waals surface area contributed by atoms with Crippen molar-refractivity contribution in [3.8, 4) is 0 Å². The van der Waals surface area contributed by atoms with Crippen LogP contribution in [0.3, 0.4) is 0 Å². The number of hydrogen-bond acceptors (Lipinski definition) is 3. The van der Waals surface area contributed by atoms with Gasteiger partial charge >= 0.3 is 6.03 Å². The highest BCUT2D eigenvalue weighted by atomic mass is 16.5. The first-order chi connectivity index (χ1) is 9.83. The van der Waals surface area contributed by atoms with Gasteiger partial charge in [0.05, 0.1) is 0 Å². The summed E-state index contributed by atoms with van der Waals surface area (Å²) in [5.41, 5.74) is 4.31. The van der Waals surface area contributed by atoms with Crippen molar-refractivity contribution in [1.82, 2.24) is 10.8 Å². The fraction of sp³-hybridized carbons (Fsp3) is 0.467. The Balaban J connectivity index is 2.71. The van der Waals surface area contributed by atoms with Crippen LogP contribution in [0.15, 0.2) is 18.2 Å². The van der Waals surface area contributed by atoms with Crippen LogP contribution in [0.25, 0.3) is 0 Å². The van der Waals surface area contributed by atoms with Gasteiger partial charge in [-0.3, -0.25) is 10.0 Å². The molecule has 0 heterocycles. The highest BCUT2D eigenvalue weighted by Crippen LogP contribution is 2.16. The molecule has 0 saturated carbocycles. The van der Waals surface area contributed by atoms with Gasteiger partial charge in [-0.15, -0.1) is 0 Å². The number of benzene rings is 1. The van der Waals surface area contributed by atoms with Gasteiger partial charge in [-0.05, 0) is 37.8 Å². The van der Waals surface area contributed by atoms with Crippen LogP contribution in [-0.4, -0.2) is 23.2 Å². The summed E-state index contributed by atoms with van der Waals surface area (Å²) < 4.78 is 0. The van der Waals surface area contributed by atoms with Crippen molar-refractivity contribution in [3.63, 3.8) is 0 Å². The second-order valence-corrected chi connectivity index (χ2v) is 5.58. The van der Waals surface area contributed by atoms with Crippen molar-refractivity contribution >= 4 is 17.6 Å². The summed E-state index contributed by atoms with van der Waals surface area (Å²) in [4.78, 5) is 23.5. The first-order valence-electron chi connectivity index (χ1n) is 6.92. The Morgan fingerprint density at radius 1 is 1.24 bits per heavy atom. The molecule has 4 N–H and O–H groups in total. The second-order valence-electron chi connectivity index (χ2n) is 5.58. The molecule has 0 bridgehead atoms. The molecule has 0 aliphatic carbocycles. The summed E-state index contributed by atoms with van der Waals surface area (Å²) in [7, 11) is 0. The lowest BCUT2D eigenvalue weighted by Crippen LogP contribution is -2.48. The Morgan fingerprint density at radius 3 is 2.43 bits per heavy atom. The van der Waals surface area contributed by atoms with Gasteiger partial charge in [0.2, 0.25) is 0 Å². The molecule has 1 aromatic rings. The smallest absolute Gasteiger partial charge is 0.319 e. The summed E-state index contributed by atoms with van der Waals surface area (Å²) in [5.74, 6) is -0.423. The zero-order valence-corrected chi connectivity index (χ0v) is 12.9. The highest BCUT2D eigenvalue weighted by Gasteiger charge is 2.21. The number of carbonyl (C=O) groups excluding carboxylic acids is 2. The molecule has 116 valence electrons. The lowest BCUT2D eigenvalue weighted by Gasteiger charge is -2.19. The number of rotatable bonds is 5. The zero-order chi connectivity index (χ0) is 16.0. The molecule has 3 amide bonds. The summed E-state index contributed by atoms with van der Waals surface area (Å²) in [6.07, 6.45) is 0.437. The minimum absolute atomic E-state index is 0.203. The maximum absolute atomic E-state index is 12.0. The Labute approximate surface area is 124 Å². The number of aryl methyl sites for hydroxylation is 2. The molecule has 6 nitrogen and oxygen atoms in total. The minimum atomic E-state index is -0.777. The van der Waals surface area contributed by atoms with E-state index in [2.05, 4.69) is 10.6 Å². The monoisotopic (exact) mass is 293 g/mol. The van der Waals surface area contributed by atoms with Crippen LogP contribution in [0.2, 0.25) is 0 Å². The van der Waals surface area contributed by atoms with Gasteiger partial charge in [0.1, 0.15) is 6.04 Å². The molecular weight excluding hydrogens is 270 g/mol. The van der Waals surface area contributed by atoms with Crippen LogP contribution < -0.4 is 16.1 Å². The Hall–Kier alpha value is -2.08. The van der Waals surface area contributed by atoms with E-state index >= 15 is 0 Å². The first kappa shape index (κ1) is 17.0. The van der Waals surface area contributed by atoms with E-state index < -0.39 is 18.0 Å². The van der Waals surface area contributed by atoms with Gasteiger partial charge < -0.3 is 10.6 Å². The van der Waals surface area contributed by atoms with Crippen LogP contribution in [0, 0.1) is 19.8 Å².